The van der Waals surface area contributed by atoms with E-state index in [4.69, 9.17) is 4.74 Å². The lowest BCUT2D eigenvalue weighted by Gasteiger charge is -2.24. The summed E-state index contributed by atoms with van der Waals surface area (Å²) < 4.78 is 6.49. The van der Waals surface area contributed by atoms with Gasteiger partial charge in [0.05, 0.1) is 12.8 Å². The second-order valence-corrected chi connectivity index (χ2v) is 5.09. The van der Waals surface area contributed by atoms with Crippen LogP contribution in [0.1, 0.15) is 24.4 Å². The van der Waals surface area contributed by atoms with Gasteiger partial charge < -0.3 is 20.1 Å². The van der Waals surface area contributed by atoms with Gasteiger partial charge in [-0.2, -0.15) is 5.10 Å². The predicted octanol–water partition coefficient (Wildman–Crippen LogP) is 0.366. The van der Waals surface area contributed by atoms with E-state index in [1.54, 1.807) is 25.3 Å². The lowest BCUT2D eigenvalue weighted by molar-refractivity contribution is -0.139. The number of hydrogen-bond donors (Lipinski definition) is 2. The molecule has 0 spiro atoms. The summed E-state index contributed by atoms with van der Waals surface area (Å²) in [6.07, 6.45) is 4.91. The number of carbonyl (C=O) groups is 2. The normalized spacial score (nSPS) is 15.5. The number of nitrogens with zero attached hydrogens (tertiary/aromatic N) is 3. The standard InChI is InChI=1S/C13H20N4O4/c1-16-8-9(7-14-16)11(12(18)19)15-13(20)17(5-6-21-2)10-3-4-10/h7-8,10-11H,3-6H2,1-2H3,(H,15,20)(H,18,19). The first-order chi connectivity index (χ1) is 10.0. The van der Waals surface area contributed by atoms with Gasteiger partial charge in [0, 0.05) is 38.5 Å². The number of carboxylic acid groups (broad SMARTS) is 1. The number of rotatable bonds is 7. The minimum Gasteiger partial charge on any atom is -0.479 e. The Morgan fingerprint density at radius 2 is 2.33 bits per heavy atom. The van der Waals surface area contributed by atoms with E-state index in [0.717, 1.165) is 12.8 Å². The SMILES string of the molecule is COCCN(C(=O)NC(C(=O)O)c1cnn(C)c1)C1CC1. The van der Waals surface area contributed by atoms with Gasteiger partial charge in [0.1, 0.15) is 0 Å². The molecule has 21 heavy (non-hydrogen) atoms. The number of nitrogens with one attached hydrogen (secondary N) is 1. The monoisotopic (exact) mass is 296 g/mol. The van der Waals surface area contributed by atoms with Gasteiger partial charge in [-0.05, 0) is 12.8 Å². The lowest BCUT2D eigenvalue weighted by atomic mass is 10.1. The van der Waals surface area contributed by atoms with Crippen LogP contribution in [-0.2, 0) is 16.6 Å². The van der Waals surface area contributed by atoms with Gasteiger partial charge in [-0.15, -0.1) is 0 Å². The minimum atomic E-state index is -1.11. The molecular weight excluding hydrogens is 276 g/mol. The molecule has 8 heteroatoms. The maximum atomic E-state index is 12.3. The number of carboxylic acids is 1. The van der Waals surface area contributed by atoms with Crippen LogP contribution in [0, 0.1) is 0 Å². The molecule has 0 radical (unpaired) electrons. The zero-order chi connectivity index (χ0) is 15.4. The highest BCUT2D eigenvalue weighted by Crippen LogP contribution is 2.27. The molecule has 1 saturated carbocycles. The second-order valence-electron chi connectivity index (χ2n) is 5.09. The van der Waals surface area contributed by atoms with Crippen molar-refractivity contribution >= 4 is 12.0 Å². The zero-order valence-electron chi connectivity index (χ0n) is 12.2. The minimum absolute atomic E-state index is 0.184. The molecule has 1 unspecified atom stereocenters. The molecule has 1 fully saturated rings. The largest absolute Gasteiger partial charge is 0.479 e. The predicted molar refractivity (Wildman–Crippen MR) is 73.7 cm³/mol. The molecule has 116 valence electrons. The molecule has 8 nitrogen and oxygen atoms in total. The van der Waals surface area contributed by atoms with Gasteiger partial charge in [0.2, 0.25) is 0 Å². The second kappa shape index (κ2) is 6.57. The van der Waals surface area contributed by atoms with Gasteiger partial charge in [0.25, 0.3) is 0 Å². The molecule has 2 amide bonds. The van der Waals surface area contributed by atoms with E-state index < -0.39 is 12.0 Å². The summed E-state index contributed by atoms with van der Waals surface area (Å²) in [6.45, 7) is 0.876. The van der Waals surface area contributed by atoms with Crippen LogP contribution < -0.4 is 5.32 Å². The molecule has 0 aromatic carbocycles. The van der Waals surface area contributed by atoms with Gasteiger partial charge in [0.15, 0.2) is 6.04 Å². The number of urea groups is 1. The Bertz CT molecular complexity index is 512. The van der Waals surface area contributed by atoms with Crippen molar-refractivity contribution in [2.75, 3.05) is 20.3 Å². The summed E-state index contributed by atoms with van der Waals surface area (Å²) in [4.78, 5) is 25.3. The van der Waals surface area contributed by atoms with Crippen LogP contribution in [0.2, 0.25) is 0 Å². The highest BCUT2D eigenvalue weighted by Gasteiger charge is 2.34. The van der Waals surface area contributed by atoms with Crippen LogP contribution >= 0.6 is 0 Å². The van der Waals surface area contributed by atoms with Crippen LogP contribution in [0.25, 0.3) is 0 Å². The smallest absolute Gasteiger partial charge is 0.331 e. The quantitative estimate of drug-likeness (QED) is 0.757. The van der Waals surface area contributed by atoms with Crippen LogP contribution in [0.4, 0.5) is 4.79 Å². The number of ether oxygens (including phenoxy) is 1. The average Bonchev–Trinajstić information content (AvgIpc) is 3.18. The fourth-order valence-corrected chi connectivity index (χ4v) is 2.11. The fourth-order valence-electron chi connectivity index (χ4n) is 2.11. The summed E-state index contributed by atoms with van der Waals surface area (Å²) in [6, 6.07) is -1.30. The Balaban J connectivity index is 2.04. The molecule has 0 saturated heterocycles. The molecule has 0 aliphatic heterocycles. The molecule has 0 bridgehead atoms. The van der Waals surface area contributed by atoms with E-state index in [1.807, 2.05) is 0 Å². The van der Waals surface area contributed by atoms with Gasteiger partial charge in [-0.3, -0.25) is 4.68 Å². The zero-order valence-corrected chi connectivity index (χ0v) is 12.2. The highest BCUT2D eigenvalue weighted by atomic mass is 16.5. The summed E-state index contributed by atoms with van der Waals surface area (Å²) in [7, 11) is 3.26. The number of aromatic nitrogens is 2. The molecule has 2 rings (SSSR count). The van der Waals surface area contributed by atoms with Crippen molar-refractivity contribution in [3.63, 3.8) is 0 Å². The Morgan fingerprint density at radius 3 is 2.81 bits per heavy atom. The summed E-state index contributed by atoms with van der Waals surface area (Å²) in [5.74, 6) is -1.11. The number of amides is 2. The Morgan fingerprint density at radius 1 is 1.62 bits per heavy atom. The van der Waals surface area contributed by atoms with Gasteiger partial charge >= 0.3 is 12.0 Å². The van der Waals surface area contributed by atoms with Crippen molar-refractivity contribution in [3.8, 4) is 0 Å². The topological polar surface area (TPSA) is 96.7 Å². The number of methoxy groups -OCH3 is 1. The first-order valence-electron chi connectivity index (χ1n) is 6.80. The van der Waals surface area contributed by atoms with Crippen molar-refractivity contribution in [2.45, 2.75) is 24.9 Å². The number of aliphatic carboxylic acids is 1. The number of hydrogen-bond acceptors (Lipinski definition) is 4. The fraction of sp³-hybridized carbons (Fsp3) is 0.615. The van der Waals surface area contributed by atoms with Crippen molar-refractivity contribution in [2.24, 2.45) is 7.05 Å². The van der Waals surface area contributed by atoms with E-state index in [-0.39, 0.29) is 12.1 Å². The van der Waals surface area contributed by atoms with Crippen molar-refractivity contribution in [3.05, 3.63) is 18.0 Å². The maximum absolute atomic E-state index is 12.3. The van der Waals surface area contributed by atoms with E-state index in [1.165, 1.54) is 10.9 Å². The Labute approximate surface area is 122 Å². The van der Waals surface area contributed by atoms with Crippen molar-refractivity contribution in [1.29, 1.82) is 0 Å². The van der Waals surface area contributed by atoms with E-state index in [9.17, 15) is 14.7 Å². The third-order valence-corrected chi connectivity index (χ3v) is 3.36. The Hall–Kier alpha value is -2.09. The summed E-state index contributed by atoms with van der Waals surface area (Å²) >= 11 is 0. The number of aryl methyl sites for hydroxylation is 1. The summed E-state index contributed by atoms with van der Waals surface area (Å²) in [5.41, 5.74) is 0.445. The first-order valence-corrected chi connectivity index (χ1v) is 6.80. The van der Waals surface area contributed by atoms with Gasteiger partial charge in [-0.25, -0.2) is 9.59 Å². The third-order valence-electron chi connectivity index (χ3n) is 3.36. The van der Waals surface area contributed by atoms with E-state index in [0.29, 0.717) is 18.7 Å². The van der Waals surface area contributed by atoms with Crippen LogP contribution in [0.15, 0.2) is 12.4 Å². The van der Waals surface area contributed by atoms with Crippen molar-refractivity contribution < 1.29 is 19.4 Å². The molecular formula is C13H20N4O4. The van der Waals surface area contributed by atoms with E-state index >= 15 is 0 Å². The molecule has 1 aromatic rings. The first kappa shape index (κ1) is 15.3. The van der Waals surface area contributed by atoms with Crippen LogP contribution in [0.5, 0.6) is 0 Å². The molecule has 1 aliphatic carbocycles. The number of carbonyl (C=O) groups excluding carboxylic acids is 1. The van der Waals surface area contributed by atoms with Crippen LogP contribution in [0.3, 0.4) is 0 Å². The molecule has 1 heterocycles. The van der Waals surface area contributed by atoms with E-state index in [2.05, 4.69) is 10.4 Å². The highest BCUT2D eigenvalue weighted by molar-refractivity contribution is 5.83. The average molecular weight is 296 g/mol. The van der Waals surface area contributed by atoms with Crippen LogP contribution in [-0.4, -0.2) is 58.1 Å². The Kier molecular flexibility index (Phi) is 4.79. The summed E-state index contributed by atoms with van der Waals surface area (Å²) in [5, 5.41) is 15.8. The molecule has 1 aromatic heterocycles. The molecule has 2 N–H and O–H groups in total. The molecule has 1 aliphatic rings. The molecule has 1 atom stereocenters. The van der Waals surface area contributed by atoms with Crippen molar-refractivity contribution in [1.82, 2.24) is 20.0 Å². The lowest BCUT2D eigenvalue weighted by Crippen LogP contribution is -2.46. The maximum Gasteiger partial charge on any atom is 0.331 e. The third kappa shape index (κ3) is 3.94. The van der Waals surface area contributed by atoms with Gasteiger partial charge in [-0.1, -0.05) is 0 Å².